The lowest BCUT2D eigenvalue weighted by atomic mass is 10.0. The lowest BCUT2D eigenvalue weighted by molar-refractivity contribution is -0.120. The molecule has 0 bridgehead atoms. The van der Waals surface area contributed by atoms with E-state index >= 15 is 0 Å². The Morgan fingerprint density at radius 2 is 2.19 bits per heavy atom. The maximum atomic E-state index is 11.5. The van der Waals surface area contributed by atoms with Crippen molar-refractivity contribution in [2.75, 3.05) is 13.2 Å². The van der Waals surface area contributed by atoms with E-state index in [0.717, 1.165) is 37.0 Å². The van der Waals surface area contributed by atoms with Gasteiger partial charge in [0.05, 0.1) is 6.61 Å². The number of rotatable bonds is 6. The minimum atomic E-state index is 0.0561. The van der Waals surface area contributed by atoms with Crippen molar-refractivity contribution in [1.82, 2.24) is 5.32 Å². The molecule has 16 heavy (non-hydrogen) atoms. The van der Waals surface area contributed by atoms with Gasteiger partial charge in [-0.25, -0.2) is 0 Å². The van der Waals surface area contributed by atoms with Crippen molar-refractivity contribution < 1.29 is 9.90 Å². The van der Waals surface area contributed by atoms with Gasteiger partial charge < -0.3 is 16.2 Å². The molecule has 1 rings (SSSR count). The zero-order valence-corrected chi connectivity index (χ0v) is 9.54. The van der Waals surface area contributed by atoms with E-state index in [0.29, 0.717) is 13.0 Å². The summed E-state index contributed by atoms with van der Waals surface area (Å²) in [7, 11) is 0. The van der Waals surface area contributed by atoms with Crippen LogP contribution in [0.25, 0.3) is 0 Å². The van der Waals surface area contributed by atoms with Crippen LogP contribution in [0, 0.1) is 0 Å². The highest BCUT2D eigenvalue weighted by molar-refractivity contribution is 5.77. The summed E-state index contributed by atoms with van der Waals surface area (Å²) < 4.78 is 0. The first kappa shape index (κ1) is 12.9. The average Bonchev–Trinajstić information content (AvgIpc) is 2.30. The number of hydrogen-bond donors (Lipinski definition) is 3. The molecule has 0 aromatic carbocycles. The minimum Gasteiger partial charge on any atom is -0.392 e. The zero-order chi connectivity index (χ0) is 11.8. The molecule has 0 saturated carbocycles. The van der Waals surface area contributed by atoms with Gasteiger partial charge >= 0.3 is 0 Å². The number of allylic oxidation sites excluding steroid dienone is 3. The molecule has 0 aromatic rings. The summed E-state index contributed by atoms with van der Waals surface area (Å²) in [5.41, 5.74) is 7.31. The van der Waals surface area contributed by atoms with Crippen LogP contribution in [0.2, 0.25) is 0 Å². The molecule has 0 heterocycles. The molecule has 0 aromatic heterocycles. The predicted octanol–water partition coefficient (Wildman–Crippen LogP) is 0.828. The first-order chi connectivity index (χ1) is 7.76. The fourth-order valence-corrected chi connectivity index (χ4v) is 1.59. The standard InChI is InChI=1S/C12H20N2O2/c13-8-2-1-3-12(16)14-11-6-4-10(9-15)5-7-11/h4,6,15H,1-3,5,7-9,13H2,(H,14,16). The number of nitrogens with two attached hydrogens (primary N) is 1. The summed E-state index contributed by atoms with van der Waals surface area (Å²) in [4.78, 5) is 11.5. The van der Waals surface area contributed by atoms with Gasteiger partial charge in [0, 0.05) is 12.1 Å². The third-order valence-electron chi connectivity index (χ3n) is 2.60. The lowest BCUT2D eigenvalue weighted by Gasteiger charge is -2.14. The van der Waals surface area contributed by atoms with Gasteiger partial charge in [0.1, 0.15) is 0 Å². The first-order valence-corrected chi connectivity index (χ1v) is 5.75. The molecule has 0 radical (unpaired) electrons. The van der Waals surface area contributed by atoms with E-state index in [4.69, 9.17) is 10.8 Å². The number of amides is 1. The van der Waals surface area contributed by atoms with Crippen LogP contribution in [0.4, 0.5) is 0 Å². The predicted molar refractivity (Wildman–Crippen MR) is 63.5 cm³/mol. The van der Waals surface area contributed by atoms with Gasteiger partial charge in [-0.3, -0.25) is 4.79 Å². The Hall–Kier alpha value is -1.13. The number of aliphatic hydroxyl groups excluding tert-OH is 1. The Morgan fingerprint density at radius 1 is 1.38 bits per heavy atom. The molecular weight excluding hydrogens is 204 g/mol. The van der Waals surface area contributed by atoms with Gasteiger partial charge in [-0.05, 0) is 43.9 Å². The van der Waals surface area contributed by atoms with Crippen LogP contribution in [0.5, 0.6) is 0 Å². The molecule has 4 N–H and O–H groups in total. The van der Waals surface area contributed by atoms with Crippen LogP contribution in [0.3, 0.4) is 0 Å². The normalized spacial score (nSPS) is 15.4. The van der Waals surface area contributed by atoms with Crippen LogP contribution >= 0.6 is 0 Å². The van der Waals surface area contributed by atoms with Crippen molar-refractivity contribution in [1.29, 1.82) is 0 Å². The molecule has 1 aliphatic rings. The molecule has 0 fully saturated rings. The Labute approximate surface area is 96.2 Å². The van der Waals surface area contributed by atoms with Gasteiger partial charge in [-0.2, -0.15) is 0 Å². The van der Waals surface area contributed by atoms with Crippen LogP contribution in [-0.4, -0.2) is 24.2 Å². The fraction of sp³-hybridized carbons (Fsp3) is 0.583. The molecule has 0 atom stereocenters. The Balaban J connectivity index is 2.29. The monoisotopic (exact) mass is 224 g/mol. The highest BCUT2D eigenvalue weighted by atomic mass is 16.3. The molecule has 1 amide bonds. The second-order valence-corrected chi connectivity index (χ2v) is 3.97. The van der Waals surface area contributed by atoms with Crippen LogP contribution in [0.1, 0.15) is 32.1 Å². The molecule has 1 aliphatic carbocycles. The number of carbonyl (C=O) groups is 1. The van der Waals surface area contributed by atoms with Crippen molar-refractivity contribution in [3.8, 4) is 0 Å². The van der Waals surface area contributed by atoms with Gasteiger partial charge in [0.25, 0.3) is 0 Å². The van der Waals surface area contributed by atoms with E-state index in [1.54, 1.807) is 0 Å². The summed E-state index contributed by atoms with van der Waals surface area (Å²) in [5, 5.41) is 11.8. The largest absolute Gasteiger partial charge is 0.392 e. The molecule has 0 unspecified atom stereocenters. The zero-order valence-electron chi connectivity index (χ0n) is 9.54. The molecule has 4 heteroatoms. The molecule has 0 saturated heterocycles. The molecule has 4 nitrogen and oxygen atoms in total. The maximum absolute atomic E-state index is 11.5. The molecule has 0 spiro atoms. The Bertz CT molecular complexity index is 295. The Morgan fingerprint density at radius 3 is 2.75 bits per heavy atom. The molecular formula is C12H20N2O2. The van der Waals surface area contributed by atoms with Gasteiger partial charge in [0.2, 0.25) is 5.91 Å². The van der Waals surface area contributed by atoms with E-state index in [1.165, 1.54) is 0 Å². The number of carbonyl (C=O) groups excluding carboxylic acids is 1. The molecule has 90 valence electrons. The van der Waals surface area contributed by atoms with Crippen LogP contribution < -0.4 is 11.1 Å². The highest BCUT2D eigenvalue weighted by Crippen LogP contribution is 2.15. The van der Waals surface area contributed by atoms with Gasteiger partial charge in [-0.15, -0.1) is 0 Å². The summed E-state index contributed by atoms with van der Waals surface area (Å²) >= 11 is 0. The summed E-state index contributed by atoms with van der Waals surface area (Å²) in [6.45, 7) is 0.743. The third kappa shape index (κ3) is 4.59. The summed E-state index contributed by atoms with van der Waals surface area (Å²) in [6.07, 6.45) is 7.63. The number of nitrogens with one attached hydrogen (secondary N) is 1. The number of aliphatic hydroxyl groups is 1. The van der Waals surface area contributed by atoms with E-state index < -0.39 is 0 Å². The highest BCUT2D eigenvalue weighted by Gasteiger charge is 2.08. The quantitative estimate of drug-likeness (QED) is 0.585. The maximum Gasteiger partial charge on any atom is 0.224 e. The third-order valence-corrected chi connectivity index (χ3v) is 2.60. The summed E-state index contributed by atoms with van der Waals surface area (Å²) in [5.74, 6) is 0.0561. The van der Waals surface area contributed by atoms with Crippen molar-refractivity contribution in [3.05, 3.63) is 23.4 Å². The van der Waals surface area contributed by atoms with Crippen LogP contribution in [-0.2, 0) is 4.79 Å². The topological polar surface area (TPSA) is 75.4 Å². The van der Waals surface area contributed by atoms with Gasteiger partial charge in [-0.1, -0.05) is 6.08 Å². The SMILES string of the molecule is NCCCCC(=O)NC1=CC=C(CO)CC1. The van der Waals surface area contributed by atoms with Gasteiger partial charge in [0.15, 0.2) is 0 Å². The minimum absolute atomic E-state index is 0.0561. The second-order valence-electron chi connectivity index (χ2n) is 3.97. The number of unbranched alkanes of at least 4 members (excludes halogenated alkanes) is 1. The number of hydrogen-bond acceptors (Lipinski definition) is 3. The van der Waals surface area contributed by atoms with Crippen molar-refractivity contribution >= 4 is 5.91 Å². The lowest BCUT2D eigenvalue weighted by Crippen LogP contribution is -2.23. The van der Waals surface area contributed by atoms with Crippen molar-refractivity contribution in [2.45, 2.75) is 32.1 Å². The average molecular weight is 224 g/mol. The van der Waals surface area contributed by atoms with E-state index in [2.05, 4.69) is 5.32 Å². The summed E-state index contributed by atoms with van der Waals surface area (Å²) in [6, 6.07) is 0. The smallest absolute Gasteiger partial charge is 0.224 e. The fourth-order valence-electron chi connectivity index (χ4n) is 1.59. The van der Waals surface area contributed by atoms with Crippen molar-refractivity contribution in [3.63, 3.8) is 0 Å². The van der Waals surface area contributed by atoms with E-state index in [1.807, 2.05) is 12.2 Å². The van der Waals surface area contributed by atoms with E-state index in [9.17, 15) is 4.79 Å². The van der Waals surface area contributed by atoms with Crippen molar-refractivity contribution in [2.24, 2.45) is 5.73 Å². The second kappa shape index (κ2) is 7.19. The van der Waals surface area contributed by atoms with E-state index in [-0.39, 0.29) is 12.5 Å². The molecule has 0 aliphatic heterocycles. The Kier molecular flexibility index (Phi) is 5.82. The van der Waals surface area contributed by atoms with Crippen LogP contribution in [0.15, 0.2) is 23.4 Å². The first-order valence-electron chi connectivity index (χ1n) is 5.75.